The molecule has 2 N–H and O–H groups in total. The molecule has 1 aliphatic rings. The van der Waals surface area contributed by atoms with Crippen molar-refractivity contribution in [2.24, 2.45) is 12.8 Å². The van der Waals surface area contributed by atoms with E-state index in [0.29, 0.717) is 6.04 Å². The molecule has 1 aliphatic heterocycles. The largest absolute Gasteiger partial charge is 0.326 e. The van der Waals surface area contributed by atoms with Gasteiger partial charge in [0, 0.05) is 37.1 Å². The van der Waals surface area contributed by atoms with Crippen LogP contribution >= 0.6 is 11.8 Å². The van der Waals surface area contributed by atoms with E-state index in [2.05, 4.69) is 23.1 Å². The van der Waals surface area contributed by atoms with Crippen LogP contribution in [-0.2, 0) is 7.05 Å². The Kier molecular flexibility index (Phi) is 4.48. The van der Waals surface area contributed by atoms with E-state index in [1.54, 1.807) is 0 Å². The topological polar surface area (TPSA) is 47.1 Å². The lowest BCUT2D eigenvalue weighted by Gasteiger charge is -2.32. The summed E-state index contributed by atoms with van der Waals surface area (Å²) in [7, 11) is 1.96. The summed E-state index contributed by atoms with van der Waals surface area (Å²) in [5.41, 5.74) is 7.42. The van der Waals surface area contributed by atoms with Crippen molar-refractivity contribution in [3.8, 4) is 0 Å². The summed E-state index contributed by atoms with van der Waals surface area (Å²) in [6, 6.07) is 0.449. The normalized spacial score (nSPS) is 22.1. The maximum absolute atomic E-state index is 6.17. The van der Waals surface area contributed by atoms with Crippen molar-refractivity contribution in [2.75, 3.05) is 24.6 Å². The molecule has 17 heavy (non-hydrogen) atoms. The van der Waals surface area contributed by atoms with Gasteiger partial charge in [-0.25, -0.2) is 0 Å². The van der Waals surface area contributed by atoms with E-state index in [1.165, 1.54) is 23.5 Å². The van der Waals surface area contributed by atoms with E-state index in [-0.39, 0.29) is 6.04 Å². The van der Waals surface area contributed by atoms with E-state index in [9.17, 15) is 0 Å². The molecule has 2 unspecified atom stereocenters. The highest BCUT2D eigenvalue weighted by atomic mass is 32.2. The molecule has 0 amide bonds. The molecule has 5 heteroatoms. The van der Waals surface area contributed by atoms with Crippen molar-refractivity contribution in [1.82, 2.24) is 14.7 Å². The zero-order chi connectivity index (χ0) is 12.3. The average molecular weight is 254 g/mol. The Balaban J connectivity index is 2.15. The minimum atomic E-state index is 0.141. The van der Waals surface area contributed by atoms with Gasteiger partial charge in [0.1, 0.15) is 0 Å². The van der Waals surface area contributed by atoms with Crippen molar-refractivity contribution < 1.29 is 0 Å². The van der Waals surface area contributed by atoms with Gasteiger partial charge < -0.3 is 5.73 Å². The molecule has 1 fully saturated rings. The van der Waals surface area contributed by atoms with Crippen LogP contribution in [0.1, 0.15) is 24.9 Å². The van der Waals surface area contributed by atoms with Gasteiger partial charge in [-0.2, -0.15) is 16.9 Å². The van der Waals surface area contributed by atoms with E-state index in [4.69, 9.17) is 5.73 Å². The lowest BCUT2D eigenvalue weighted by Crippen LogP contribution is -2.40. The van der Waals surface area contributed by atoms with Crippen LogP contribution in [0.25, 0.3) is 0 Å². The Labute approximate surface area is 108 Å². The van der Waals surface area contributed by atoms with Crippen LogP contribution in [0.4, 0.5) is 0 Å². The third-order valence-electron chi connectivity index (χ3n) is 3.21. The maximum Gasteiger partial charge on any atom is 0.0538 e. The number of aromatic nitrogens is 2. The van der Waals surface area contributed by atoms with Crippen molar-refractivity contribution >= 4 is 11.8 Å². The van der Waals surface area contributed by atoms with Gasteiger partial charge >= 0.3 is 0 Å². The maximum atomic E-state index is 6.17. The second kappa shape index (κ2) is 5.89. The van der Waals surface area contributed by atoms with Gasteiger partial charge in [-0.1, -0.05) is 0 Å². The Morgan fingerprint density at radius 1 is 1.41 bits per heavy atom. The Morgan fingerprint density at radius 2 is 2.24 bits per heavy atom. The van der Waals surface area contributed by atoms with E-state index >= 15 is 0 Å². The predicted molar refractivity (Wildman–Crippen MR) is 73.1 cm³/mol. The fourth-order valence-corrected chi connectivity index (χ4v) is 3.38. The van der Waals surface area contributed by atoms with Crippen molar-refractivity contribution in [3.63, 3.8) is 0 Å². The Morgan fingerprint density at radius 3 is 2.88 bits per heavy atom. The number of nitrogens with zero attached hydrogens (tertiary/aromatic N) is 3. The Hall–Kier alpha value is -0.520. The second-order valence-electron chi connectivity index (χ2n) is 4.75. The summed E-state index contributed by atoms with van der Waals surface area (Å²) in [6.07, 6.45) is 5.30. The third kappa shape index (κ3) is 3.24. The van der Waals surface area contributed by atoms with E-state index < -0.39 is 0 Å². The lowest BCUT2D eigenvalue weighted by molar-refractivity contribution is 0.190. The first kappa shape index (κ1) is 12.9. The number of nitrogens with two attached hydrogens (primary N) is 1. The minimum Gasteiger partial charge on any atom is -0.326 e. The molecule has 2 rings (SSSR count). The molecule has 4 nitrogen and oxygen atoms in total. The Bertz CT molecular complexity index is 342. The smallest absolute Gasteiger partial charge is 0.0538 e. The quantitative estimate of drug-likeness (QED) is 0.882. The summed E-state index contributed by atoms with van der Waals surface area (Å²) in [5.74, 6) is 2.48. The number of aryl methyl sites for hydroxylation is 1. The van der Waals surface area contributed by atoms with Gasteiger partial charge in [0.05, 0.1) is 12.2 Å². The second-order valence-corrected chi connectivity index (χ2v) is 5.98. The van der Waals surface area contributed by atoms with Gasteiger partial charge in [0.2, 0.25) is 0 Å². The monoisotopic (exact) mass is 254 g/mol. The molecule has 1 saturated heterocycles. The van der Waals surface area contributed by atoms with Crippen molar-refractivity contribution in [3.05, 3.63) is 18.0 Å². The molecule has 2 atom stereocenters. The molecule has 96 valence electrons. The zero-order valence-corrected chi connectivity index (χ0v) is 11.5. The molecule has 0 aromatic carbocycles. The fourth-order valence-electron chi connectivity index (χ4n) is 2.48. The number of hydrogen-bond donors (Lipinski definition) is 1. The lowest BCUT2D eigenvalue weighted by atomic mass is 10.0. The van der Waals surface area contributed by atoms with Crippen LogP contribution in [-0.4, -0.2) is 45.3 Å². The van der Waals surface area contributed by atoms with Crippen LogP contribution in [0, 0.1) is 0 Å². The SMILES string of the molecule is CC(N)C(c1cnn(C)c1)N1CCCSCC1. The van der Waals surface area contributed by atoms with E-state index in [0.717, 1.165) is 13.1 Å². The molecule has 0 saturated carbocycles. The number of hydrogen-bond acceptors (Lipinski definition) is 4. The molecule has 0 spiro atoms. The fraction of sp³-hybridized carbons (Fsp3) is 0.750. The molecule has 2 heterocycles. The van der Waals surface area contributed by atoms with Crippen molar-refractivity contribution in [2.45, 2.75) is 25.4 Å². The van der Waals surface area contributed by atoms with Crippen molar-refractivity contribution in [1.29, 1.82) is 0 Å². The highest BCUT2D eigenvalue weighted by Crippen LogP contribution is 2.25. The van der Waals surface area contributed by atoms with Crippen LogP contribution in [0.3, 0.4) is 0 Å². The summed E-state index contributed by atoms with van der Waals surface area (Å²) in [4.78, 5) is 2.52. The molecule has 0 radical (unpaired) electrons. The van der Waals surface area contributed by atoms with Crippen LogP contribution in [0.15, 0.2) is 12.4 Å². The predicted octanol–water partition coefficient (Wildman–Crippen LogP) is 1.25. The highest BCUT2D eigenvalue weighted by molar-refractivity contribution is 7.99. The first-order chi connectivity index (χ1) is 8.18. The van der Waals surface area contributed by atoms with Gasteiger partial charge in [0.25, 0.3) is 0 Å². The van der Waals surface area contributed by atoms with Crippen LogP contribution < -0.4 is 5.73 Å². The van der Waals surface area contributed by atoms with Gasteiger partial charge in [0.15, 0.2) is 0 Å². The molecule has 0 bridgehead atoms. The van der Waals surface area contributed by atoms with Gasteiger partial charge in [-0.15, -0.1) is 0 Å². The third-order valence-corrected chi connectivity index (χ3v) is 4.26. The first-order valence-electron chi connectivity index (χ1n) is 6.24. The molecule has 1 aromatic heterocycles. The average Bonchev–Trinajstić information content (AvgIpc) is 2.53. The molecular weight excluding hydrogens is 232 g/mol. The number of thioether (sulfide) groups is 1. The van der Waals surface area contributed by atoms with Gasteiger partial charge in [-0.3, -0.25) is 9.58 Å². The summed E-state index contributed by atoms with van der Waals surface area (Å²) < 4.78 is 1.86. The number of rotatable bonds is 3. The summed E-state index contributed by atoms with van der Waals surface area (Å²) >= 11 is 2.05. The van der Waals surface area contributed by atoms with Crippen LogP contribution in [0.5, 0.6) is 0 Å². The summed E-state index contributed by atoms with van der Waals surface area (Å²) in [5, 5.41) is 4.27. The van der Waals surface area contributed by atoms with Crippen LogP contribution in [0.2, 0.25) is 0 Å². The highest BCUT2D eigenvalue weighted by Gasteiger charge is 2.25. The van der Waals surface area contributed by atoms with Gasteiger partial charge in [-0.05, 0) is 25.6 Å². The first-order valence-corrected chi connectivity index (χ1v) is 7.40. The molecule has 0 aliphatic carbocycles. The molecular formula is C12H22N4S. The van der Waals surface area contributed by atoms with E-state index in [1.807, 2.05) is 29.7 Å². The zero-order valence-electron chi connectivity index (χ0n) is 10.7. The minimum absolute atomic E-state index is 0.141. The molecule has 1 aromatic rings. The summed E-state index contributed by atoms with van der Waals surface area (Å²) in [6.45, 7) is 4.37. The standard InChI is InChI=1S/C12H22N4S/c1-10(13)12(11-8-14-15(2)9-11)16-4-3-6-17-7-5-16/h8-10,12H,3-7,13H2,1-2H3.